The molecule has 1 heterocycles. The van der Waals surface area contributed by atoms with E-state index in [0.717, 1.165) is 25.0 Å². The van der Waals surface area contributed by atoms with Crippen molar-refractivity contribution in [3.8, 4) is 0 Å². The Hall–Kier alpha value is -1.02. The standard InChI is InChI=1S/C21H34N4O.HI/c1-3-22-21(23-11-14-26-16-18-9-10-18)24-17(2)19-7-6-8-20(15-19)25-12-4-5-13-25;/h6-8,15,17-18H,3-5,9-14,16H2,1-2H3,(H2,22,23,24);1H. The molecular weight excluding hydrogens is 451 g/mol. The number of hydrogen-bond donors (Lipinski definition) is 2. The van der Waals surface area contributed by atoms with E-state index in [-0.39, 0.29) is 30.0 Å². The van der Waals surface area contributed by atoms with Gasteiger partial charge in [-0.2, -0.15) is 0 Å². The Labute approximate surface area is 181 Å². The molecule has 0 aromatic heterocycles. The minimum Gasteiger partial charge on any atom is -0.379 e. The number of hydrogen-bond acceptors (Lipinski definition) is 3. The lowest BCUT2D eigenvalue weighted by Crippen LogP contribution is -2.39. The molecule has 2 N–H and O–H groups in total. The number of guanidine groups is 1. The highest BCUT2D eigenvalue weighted by atomic mass is 127. The van der Waals surface area contributed by atoms with Crippen molar-refractivity contribution in [3.63, 3.8) is 0 Å². The topological polar surface area (TPSA) is 48.9 Å². The monoisotopic (exact) mass is 486 g/mol. The molecule has 0 spiro atoms. The lowest BCUT2D eigenvalue weighted by molar-refractivity contribution is 0.131. The predicted molar refractivity (Wildman–Crippen MR) is 124 cm³/mol. The Kier molecular flexibility index (Phi) is 9.68. The molecule has 1 aromatic carbocycles. The quantitative estimate of drug-likeness (QED) is 0.240. The normalized spacial score (nSPS) is 18.1. The molecule has 2 fully saturated rings. The third-order valence-electron chi connectivity index (χ3n) is 5.09. The molecule has 1 aromatic rings. The number of benzene rings is 1. The van der Waals surface area contributed by atoms with E-state index in [2.05, 4.69) is 58.6 Å². The molecule has 5 nitrogen and oxygen atoms in total. The molecule has 1 aliphatic heterocycles. The second-order valence-corrected chi connectivity index (χ2v) is 7.43. The van der Waals surface area contributed by atoms with Crippen molar-refractivity contribution < 1.29 is 4.74 Å². The summed E-state index contributed by atoms with van der Waals surface area (Å²) >= 11 is 0. The molecule has 1 unspecified atom stereocenters. The number of nitrogens with one attached hydrogen (secondary N) is 2. The van der Waals surface area contributed by atoms with Crippen LogP contribution in [0.1, 0.15) is 51.1 Å². The number of ether oxygens (including phenoxy) is 1. The number of halogens is 1. The van der Waals surface area contributed by atoms with E-state index >= 15 is 0 Å². The summed E-state index contributed by atoms with van der Waals surface area (Å²) in [7, 11) is 0. The van der Waals surface area contributed by atoms with E-state index < -0.39 is 0 Å². The Bertz CT molecular complexity index is 585. The van der Waals surface area contributed by atoms with Gasteiger partial charge in [-0.15, -0.1) is 24.0 Å². The minimum atomic E-state index is 0. The lowest BCUT2D eigenvalue weighted by Gasteiger charge is -2.22. The fourth-order valence-electron chi connectivity index (χ4n) is 3.33. The summed E-state index contributed by atoms with van der Waals surface area (Å²) < 4.78 is 5.68. The van der Waals surface area contributed by atoms with Gasteiger partial charge in [-0.3, -0.25) is 4.99 Å². The summed E-state index contributed by atoms with van der Waals surface area (Å²) in [6, 6.07) is 9.10. The summed E-state index contributed by atoms with van der Waals surface area (Å²) in [4.78, 5) is 7.13. The van der Waals surface area contributed by atoms with Gasteiger partial charge < -0.3 is 20.3 Å². The molecule has 3 rings (SSSR count). The average Bonchev–Trinajstić information content (AvgIpc) is 3.31. The molecule has 0 radical (unpaired) electrons. The van der Waals surface area contributed by atoms with Crippen LogP contribution in [-0.2, 0) is 4.74 Å². The smallest absolute Gasteiger partial charge is 0.191 e. The van der Waals surface area contributed by atoms with Crippen LogP contribution in [0.15, 0.2) is 29.3 Å². The summed E-state index contributed by atoms with van der Waals surface area (Å²) in [5, 5.41) is 6.87. The van der Waals surface area contributed by atoms with E-state index in [4.69, 9.17) is 4.74 Å². The number of rotatable bonds is 9. The molecule has 1 saturated carbocycles. The first-order chi connectivity index (χ1) is 12.8. The zero-order valence-electron chi connectivity index (χ0n) is 16.7. The fraction of sp³-hybridized carbons (Fsp3) is 0.667. The molecule has 1 saturated heterocycles. The first-order valence-corrected chi connectivity index (χ1v) is 10.2. The highest BCUT2D eigenvalue weighted by Crippen LogP contribution is 2.28. The van der Waals surface area contributed by atoms with Crippen LogP contribution >= 0.6 is 24.0 Å². The molecule has 152 valence electrons. The number of nitrogens with zero attached hydrogens (tertiary/aromatic N) is 2. The number of anilines is 1. The van der Waals surface area contributed by atoms with Crippen molar-refractivity contribution in [3.05, 3.63) is 29.8 Å². The van der Waals surface area contributed by atoms with Crippen LogP contribution < -0.4 is 15.5 Å². The molecule has 27 heavy (non-hydrogen) atoms. The van der Waals surface area contributed by atoms with Gasteiger partial charge in [0.2, 0.25) is 0 Å². The molecule has 6 heteroatoms. The molecule has 1 atom stereocenters. The van der Waals surface area contributed by atoms with Crippen molar-refractivity contribution in [2.75, 3.05) is 44.3 Å². The molecule has 0 amide bonds. The summed E-state index contributed by atoms with van der Waals surface area (Å²) in [6.07, 6.45) is 5.28. The van der Waals surface area contributed by atoms with Gasteiger partial charge in [0.05, 0.1) is 19.2 Å². The van der Waals surface area contributed by atoms with Crippen molar-refractivity contribution in [2.24, 2.45) is 10.9 Å². The van der Waals surface area contributed by atoms with E-state index in [1.54, 1.807) is 0 Å². The van der Waals surface area contributed by atoms with E-state index in [0.29, 0.717) is 13.2 Å². The van der Waals surface area contributed by atoms with Crippen LogP contribution in [0.5, 0.6) is 0 Å². The van der Waals surface area contributed by atoms with Gasteiger partial charge in [-0.1, -0.05) is 12.1 Å². The SMILES string of the molecule is CCNC(=NCCOCC1CC1)NC(C)c1cccc(N2CCCC2)c1.I. The van der Waals surface area contributed by atoms with Gasteiger partial charge in [0.25, 0.3) is 0 Å². The molecule has 2 aliphatic rings. The Morgan fingerprint density at radius 3 is 2.78 bits per heavy atom. The highest BCUT2D eigenvalue weighted by Gasteiger charge is 2.20. The zero-order chi connectivity index (χ0) is 18.2. The highest BCUT2D eigenvalue weighted by molar-refractivity contribution is 14.0. The lowest BCUT2D eigenvalue weighted by atomic mass is 10.1. The third kappa shape index (κ3) is 7.49. The van der Waals surface area contributed by atoms with Crippen LogP contribution in [0.3, 0.4) is 0 Å². The second-order valence-electron chi connectivity index (χ2n) is 7.43. The van der Waals surface area contributed by atoms with Gasteiger partial charge in [-0.05, 0) is 63.1 Å². The Morgan fingerprint density at radius 2 is 2.07 bits per heavy atom. The average molecular weight is 486 g/mol. The summed E-state index contributed by atoms with van der Waals surface area (Å²) in [5.41, 5.74) is 2.63. The fourth-order valence-corrected chi connectivity index (χ4v) is 3.33. The Balaban J connectivity index is 0.00000261. The molecule has 0 bridgehead atoms. The van der Waals surface area contributed by atoms with Crippen molar-refractivity contribution >= 4 is 35.6 Å². The Morgan fingerprint density at radius 1 is 1.30 bits per heavy atom. The van der Waals surface area contributed by atoms with E-state index in [1.165, 1.54) is 50.0 Å². The minimum absolute atomic E-state index is 0. The van der Waals surface area contributed by atoms with Crippen molar-refractivity contribution in [1.82, 2.24) is 10.6 Å². The summed E-state index contributed by atoms with van der Waals surface area (Å²) in [5.74, 6) is 1.68. The first-order valence-electron chi connectivity index (χ1n) is 10.2. The second kappa shape index (κ2) is 11.7. The zero-order valence-corrected chi connectivity index (χ0v) is 19.1. The maximum Gasteiger partial charge on any atom is 0.191 e. The van der Waals surface area contributed by atoms with Crippen molar-refractivity contribution in [1.29, 1.82) is 0 Å². The maximum absolute atomic E-state index is 5.68. The predicted octanol–water partition coefficient (Wildman–Crippen LogP) is 3.95. The molecular formula is C21H35IN4O. The molecule has 1 aliphatic carbocycles. The van der Waals surface area contributed by atoms with Crippen molar-refractivity contribution in [2.45, 2.75) is 45.6 Å². The third-order valence-corrected chi connectivity index (χ3v) is 5.09. The maximum atomic E-state index is 5.68. The van der Waals surface area contributed by atoms with Crippen LogP contribution in [0.2, 0.25) is 0 Å². The first kappa shape index (κ1) is 22.3. The van der Waals surface area contributed by atoms with E-state index in [1.807, 2.05) is 0 Å². The van der Waals surface area contributed by atoms with Gasteiger partial charge in [0.15, 0.2) is 5.96 Å². The van der Waals surface area contributed by atoms with E-state index in [9.17, 15) is 0 Å². The van der Waals surface area contributed by atoms with Crippen LogP contribution in [0.4, 0.5) is 5.69 Å². The number of aliphatic imine (C=N–C) groups is 1. The van der Waals surface area contributed by atoms with Crippen LogP contribution in [0, 0.1) is 5.92 Å². The van der Waals surface area contributed by atoms with Crippen LogP contribution in [-0.4, -0.2) is 45.4 Å². The van der Waals surface area contributed by atoms with Crippen LogP contribution in [0.25, 0.3) is 0 Å². The van der Waals surface area contributed by atoms with Gasteiger partial charge >= 0.3 is 0 Å². The largest absolute Gasteiger partial charge is 0.379 e. The van der Waals surface area contributed by atoms with Gasteiger partial charge in [0, 0.05) is 31.9 Å². The van der Waals surface area contributed by atoms with Gasteiger partial charge in [0.1, 0.15) is 0 Å². The van der Waals surface area contributed by atoms with Gasteiger partial charge in [-0.25, -0.2) is 0 Å². The summed E-state index contributed by atoms with van der Waals surface area (Å²) in [6.45, 7) is 9.80.